The van der Waals surface area contributed by atoms with Gasteiger partial charge in [-0.3, -0.25) is 4.68 Å². The fourth-order valence-electron chi connectivity index (χ4n) is 2.12. The van der Waals surface area contributed by atoms with Crippen LogP contribution in [0.2, 0.25) is 0 Å². The molecule has 1 aromatic rings. The minimum absolute atomic E-state index is 0.116. The first-order chi connectivity index (χ1) is 6.96. The van der Waals surface area contributed by atoms with Crippen molar-refractivity contribution < 1.29 is 0 Å². The molecule has 2 rings (SSSR count). The van der Waals surface area contributed by atoms with Crippen LogP contribution >= 0.6 is 11.6 Å². The van der Waals surface area contributed by atoms with E-state index >= 15 is 0 Å². The number of hydrogen-bond donors (Lipinski definition) is 0. The normalized spacial score (nSPS) is 25.1. The molecule has 0 spiro atoms. The van der Waals surface area contributed by atoms with Crippen LogP contribution in [0.1, 0.15) is 32.4 Å². The molecule has 1 atom stereocenters. The summed E-state index contributed by atoms with van der Waals surface area (Å²) in [5.74, 6) is 0. The van der Waals surface area contributed by atoms with E-state index in [1.165, 1.54) is 5.57 Å². The van der Waals surface area contributed by atoms with E-state index in [2.05, 4.69) is 30.2 Å². The van der Waals surface area contributed by atoms with Crippen LogP contribution in [0.5, 0.6) is 0 Å². The van der Waals surface area contributed by atoms with Gasteiger partial charge in [0.2, 0.25) is 0 Å². The molecule has 0 fully saturated rings. The molecule has 0 saturated heterocycles. The number of rotatable bonds is 1. The van der Waals surface area contributed by atoms with E-state index in [1.54, 1.807) is 4.68 Å². The first-order valence-electron chi connectivity index (χ1n) is 5.18. The third-order valence-corrected chi connectivity index (χ3v) is 3.01. The van der Waals surface area contributed by atoms with Crippen LogP contribution in [0.15, 0.2) is 12.3 Å². The van der Waals surface area contributed by atoms with Crippen molar-refractivity contribution in [1.82, 2.24) is 15.0 Å². The smallest absolute Gasteiger partial charge is 0.108 e. The molecule has 1 aromatic heterocycles. The lowest BCUT2D eigenvalue weighted by Gasteiger charge is -2.31. The number of halogens is 1. The Morgan fingerprint density at radius 3 is 2.80 bits per heavy atom. The number of nitrogens with zero attached hydrogens (tertiary/aromatic N) is 3. The number of aromatic nitrogens is 3. The van der Waals surface area contributed by atoms with Crippen molar-refractivity contribution in [2.24, 2.45) is 12.5 Å². The molecule has 0 radical (unpaired) electrons. The first-order valence-corrected chi connectivity index (χ1v) is 5.61. The molecule has 15 heavy (non-hydrogen) atoms. The Morgan fingerprint density at radius 2 is 2.27 bits per heavy atom. The summed E-state index contributed by atoms with van der Waals surface area (Å²) >= 11 is 6.22. The third kappa shape index (κ3) is 2.40. The molecule has 0 aliphatic heterocycles. The lowest BCUT2D eigenvalue weighted by molar-refractivity contribution is 0.340. The monoisotopic (exact) mass is 225 g/mol. The molecular formula is C11H16ClN3. The fraction of sp³-hybridized carbons (Fsp3) is 0.636. The highest BCUT2D eigenvalue weighted by Gasteiger charge is 2.29. The van der Waals surface area contributed by atoms with Gasteiger partial charge in [0.1, 0.15) is 5.69 Å². The average molecular weight is 226 g/mol. The Hall–Kier alpha value is -0.830. The van der Waals surface area contributed by atoms with Gasteiger partial charge >= 0.3 is 0 Å². The Morgan fingerprint density at radius 1 is 1.53 bits per heavy atom. The molecule has 82 valence electrons. The summed E-state index contributed by atoms with van der Waals surface area (Å²) in [4.78, 5) is 0. The second-order valence-corrected chi connectivity index (χ2v) is 5.59. The number of hydrogen-bond acceptors (Lipinski definition) is 2. The third-order valence-electron chi connectivity index (χ3n) is 2.73. The zero-order chi connectivity index (χ0) is 11.1. The summed E-state index contributed by atoms with van der Waals surface area (Å²) < 4.78 is 1.72. The molecule has 0 N–H and O–H groups in total. The molecule has 0 saturated carbocycles. The predicted octanol–water partition coefficient (Wildman–Crippen LogP) is 2.63. The van der Waals surface area contributed by atoms with E-state index in [1.807, 2.05) is 13.2 Å². The standard InChI is InChI=1S/C11H16ClN3/c1-11(2)5-8(4-9(12)6-11)10-7-15(3)14-13-10/h4,7,9H,5-6H2,1-3H3. The fourth-order valence-corrected chi connectivity index (χ4v) is 2.69. The van der Waals surface area contributed by atoms with Crippen LogP contribution in [0, 0.1) is 5.41 Å². The van der Waals surface area contributed by atoms with E-state index in [0.29, 0.717) is 0 Å². The van der Waals surface area contributed by atoms with Crippen LogP contribution in [-0.4, -0.2) is 20.4 Å². The van der Waals surface area contributed by atoms with Crippen LogP contribution < -0.4 is 0 Å². The molecule has 0 amide bonds. The summed E-state index contributed by atoms with van der Waals surface area (Å²) in [6.07, 6.45) is 6.10. The highest BCUT2D eigenvalue weighted by Crippen LogP contribution is 2.40. The summed E-state index contributed by atoms with van der Waals surface area (Å²) in [7, 11) is 1.88. The van der Waals surface area contributed by atoms with E-state index in [9.17, 15) is 0 Å². The quantitative estimate of drug-likeness (QED) is 0.688. The highest BCUT2D eigenvalue weighted by molar-refractivity contribution is 6.22. The van der Waals surface area contributed by atoms with E-state index in [-0.39, 0.29) is 10.8 Å². The highest BCUT2D eigenvalue weighted by atomic mass is 35.5. The van der Waals surface area contributed by atoms with Crippen molar-refractivity contribution >= 4 is 17.2 Å². The maximum atomic E-state index is 6.22. The second-order valence-electron chi connectivity index (χ2n) is 5.03. The maximum absolute atomic E-state index is 6.22. The van der Waals surface area contributed by atoms with Gasteiger partial charge in [0.15, 0.2) is 0 Å². The van der Waals surface area contributed by atoms with Crippen LogP contribution in [0.25, 0.3) is 5.57 Å². The molecule has 1 unspecified atom stereocenters. The van der Waals surface area contributed by atoms with Gasteiger partial charge in [0, 0.05) is 7.05 Å². The maximum Gasteiger partial charge on any atom is 0.108 e. The zero-order valence-electron chi connectivity index (χ0n) is 9.37. The lowest BCUT2D eigenvalue weighted by atomic mass is 9.76. The van der Waals surface area contributed by atoms with Gasteiger partial charge in [-0.05, 0) is 23.8 Å². The van der Waals surface area contributed by atoms with Crippen LogP contribution in [0.3, 0.4) is 0 Å². The van der Waals surface area contributed by atoms with E-state index in [0.717, 1.165) is 18.5 Å². The summed E-state index contributed by atoms with van der Waals surface area (Å²) in [5, 5.41) is 8.19. The topological polar surface area (TPSA) is 30.7 Å². The summed E-state index contributed by atoms with van der Waals surface area (Å²) in [6.45, 7) is 4.48. The predicted molar refractivity (Wildman–Crippen MR) is 61.6 cm³/mol. The zero-order valence-corrected chi connectivity index (χ0v) is 10.1. The van der Waals surface area contributed by atoms with E-state index < -0.39 is 0 Å². The van der Waals surface area contributed by atoms with Crippen molar-refractivity contribution in [2.75, 3.05) is 0 Å². The minimum atomic E-state index is 0.116. The molecule has 0 bridgehead atoms. The first kappa shape index (κ1) is 10.7. The van der Waals surface area contributed by atoms with Gasteiger partial charge in [0.25, 0.3) is 0 Å². The molecular weight excluding hydrogens is 210 g/mol. The largest absolute Gasteiger partial charge is 0.255 e. The Balaban J connectivity index is 2.29. The van der Waals surface area contributed by atoms with Gasteiger partial charge in [-0.25, -0.2) is 0 Å². The van der Waals surface area contributed by atoms with Crippen molar-refractivity contribution in [1.29, 1.82) is 0 Å². The molecule has 1 aliphatic carbocycles. The van der Waals surface area contributed by atoms with Crippen molar-refractivity contribution in [3.05, 3.63) is 18.0 Å². The van der Waals surface area contributed by atoms with Crippen LogP contribution in [0.4, 0.5) is 0 Å². The SMILES string of the molecule is Cn1cc(C2=CC(Cl)CC(C)(C)C2)nn1. The lowest BCUT2D eigenvalue weighted by Crippen LogP contribution is -2.21. The van der Waals surface area contributed by atoms with Gasteiger partial charge in [-0.15, -0.1) is 16.7 Å². The Kier molecular flexibility index (Phi) is 2.59. The summed E-state index contributed by atoms with van der Waals surface area (Å²) in [5.41, 5.74) is 2.43. The minimum Gasteiger partial charge on any atom is -0.255 e. The Labute approximate surface area is 95.1 Å². The summed E-state index contributed by atoms with van der Waals surface area (Å²) in [6, 6.07) is 0. The molecule has 1 heterocycles. The van der Waals surface area contributed by atoms with Gasteiger partial charge in [-0.1, -0.05) is 25.1 Å². The van der Waals surface area contributed by atoms with E-state index in [4.69, 9.17) is 11.6 Å². The molecule has 0 aromatic carbocycles. The second kappa shape index (κ2) is 3.63. The average Bonchev–Trinajstić information content (AvgIpc) is 2.48. The van der Waals surface area contributed by atoms with Crippen molar-refractivity contribution in [3.8, 4) is 0 Å². The van der Waals surface area contributed by atoms with Gasteiger partial charge < -0.3 is 0 Å². The van der Waals surface area contributed by atoms with Gasteiger partial charge in [0.05, 0.1) is 11.6 Å². The number of alkyl halides is 1. The van der Waals surface area contributed by atoms with Crippen molar-refractivity contribution in [3.63, 3.8) is 0 Å². The van der Waals surface area contributed by atoms with Crippen LogP contribution in [-0.2, 0) is 7.05 Å². The Bertz CT molecular complexity index is 392. The number of allylic oxidation sites excluding steroid dienone is 2. The molecule has 1 aliphatic rings. The van der Waals surface area contributed by atoms with Gasteiger partial charge in [-0.2, -0.15) is 0 Å². The number of aryl methyl sites for hydroxylation is 1. The van der Waals surface area contributed by atoms with Crippen molar-refractivity contribution in [2.45, 2.75) is 32.1 Å². The molecule has 4 heteroatoms. The molecule has 3 nitrogen and oxygen atoms in total.